The molecule has 1 aromatic carbocycles. The summed E-state index contributed by atoms with van der Waals surface area (Å²) in [5, 5.41) is 0. The van der Waals surface area contributed by atoms with Crippen LogP contribution in [0.1, 0.15) is 22.8 Å². The number of carbonyl (C=O) groups is 1. The number of methoxy groups -OCH3 is 1. The standard InChI is InChI=1S/C11H13FO3S/c1-3-16(14)7-8-4-5-9(10(12)6-8)11(13)15-2/h4-6H,3,7H2,1-2H3. The first-order valence-corrected chi connectivity index (χ1v) is 6.29. The van der Waals surface area contributed by atoms with Crippen LogP contribution in [0.25, 0.3) is 0 Å². The summed E-state index contributed by atoms with van der Waals surface area (Å²) in [6, 6.07) is 4.16. The molecule has 1 aromatic rings. The molecule has 0 aliphatic heterocycles. The fourth-order valence-corrected chi connectivity index (χ4v) is 1.97. The van der Waals surface area contributed by atoms with E-state index < -0.39 is 22.6 Å². The molecule has 3 nitrogen and oxygen atoms in total. The molecule has 88 valence electrons. The van der Waals surface area contributed by atoms with Crippen molar-refractivity contribution in [1.29, 1.82) is 0 Å². The summed E-state index contributed by atoms with van der Waals surface area (Å²) in [5.74, 6) is -0.520. The highest BCUT2D eigenvalue weighted by atomic mass is 32.2. The van der Waals surface area contributed by atoms with Crippen LogP contribution in [0.15, 0.2) is 18.2 Å². The summed E-state index contributed by atoms with van der Waals surface area (Å²) in [5.41, 5.74) is 0.513. The van der Waals surface area contributed by atoms with Crippen molar-refractivity contribution in [2.45, 2.75) is 12.7 Å². The lowest BCUT2D eigenvalue weighted by molar-refractivity contribution is 0.0595. The van der Waals surface area contributed by atoms with Gasteiger partial charge in [-0.3, -0.25) is 4.21 Å². The van der Waals surface area contributed by atoms with E-state index >= 15 is 0 Å². The zero-order valence-corrected chi connectivity index (χ0v) is 9.97. The van der Waals surface area contributed by atoms with Gasteiger partial charge in [-0.05, 0) is 17.7 Å². The summed E-state index contributed by atoms with van der Waals surface area (Å²) in [6.45, 7) is 1.80. The van der Waals surface area contributed by atoms with Gasteiger partial charge in [-0.2, -0.15) is 0 Å². The Hall–Kier alpha value is -1.23. The molecule has 5 heteroatoms. The predicted octanol–water partition coefficient (Wildman–Crippen LogP) is 1.88. The van der Waals surface area contributed by atoms with Gasteiger partial charge in [0.15, 0.2) is 0 Å². The lowest BCUT2D eigenvalue weighted by Crippen LogP contribution is -2.06. The molecular formula is C11H13FO3S. The second-order valence-corrected chi connectivity index (χ2v) is 4.92. The van der Waals surface area contributed by atoms with Gasteiger partial charge >= 0.3 is 5.97 Å². The number of ether oxygens (including phenoxy) is 1. The van der Waals surface area contributed by atoms with Crippen molar-refractivity contribution in [2.75, 3.05) is 12.9 Å². The summed E-state index contributed by atoms with van der Waals surface area (Å²) < 4.78 is 29.1. The summed E-state index contributed by atoms with van der Waals surface area (Å²) in [6.07, 6.45) is 0. The monoisotopic (exact) mass is 244 g/mol. The fraction of sp³-hybridized carbons (Fsp3) is 0.364. The summed E-state index contributed by atoms with van der Waals surface area (Å²) in [7, 11) is 0.208. The first-order chi connectivity index (χ1) is 7.58. The lowest BCUT2D eigenvalue weighted by Gasteiger charge is -2.04. The highest BCUT2D eigenvalue weighted by Gasteiger charge is 2.12. The topological polar surface area (TPSA) is 43.4 Å². The number of hydrogen-bond acceptors (Lipinski definition) is 3. The van der Waals surface area contributed by atoms with Crippen molar-refractivity contribution in [2.24, 2.45) is 0 Å². The molecule has 0 aliphatic rings. The normalized spacial score (nSPS) is 12.2. The fourth-order valence-electron chi connectivity index (χ4n) is 1.21. The molecule has 0 spiro atoms. The van der Waals surface area contributed by atoms with Crippen molar-refractivity contribution >= 4 is 16.8 Å². The van der Waals surface area contributed by atoms with E-state index in [0.29, 0.717) is 17.1 Å². The summed E-state index contributed by atoms with van der Waals surface area (Å²) >= 11 is 0. The van der Waals surface area contributed by atoms with Gasteiger partial charge in [0.2, 0.25) is 0 Å². The second-order valence-electron chi connectivity index (χ2n) is 3.18. The van der Waals surface area contributed by atoms with Crippen LogP contribution >= 0.6 is 0 Å². The average Bonchev–Trinajstić information content (AvgIpc) is 2.28. The van der Waals surface area contributed by atoms with Gasteiger partial charge in [-0.1, -0.05) is 13.0 Å². The SMILES string of the molecule is CCS(=O)Cc1ccc(C(=O)OC)c(F)c1. The first kappa shape index (κ1) is 12.8. The molecule has 0 amide bonds. The molecule has 1 unspecified atom stereocenters. The van der Waals surface area contributed by atoms with Crippen LogP contribution in [0.5, 0.6) is 0 Å². The maximum atomic E-state index is 13.4. The molecule has 1 rings (SSSR count). The maximum absolute atomic E-state index is 13.4. The largest absolute Gasteiger partial charge is 0.465 e. The van der Waals surface area contributed by atoms with Crippen LogP contribution in [-0.2, 0) is 21.3 Å². The van der Waals surface area contributed by atoms with Gasteiger partial charge < -0.3 is 4.74 Å². The Labute approximate surface area is 96.1 Å². The number of rotatable bonds is 4. The van der Waals surface area contributed by atoms with Crippen LogP contribution in [0.3, 0.4) is 0 Å². The first-order valence-electron chi connectivity index (χ1n) is 4.80. The third-order valence-corrected chi connectivity index (χ3v) is 3.39. The molecule has 0 bridgehead atoms. The molecule has 1 atom stereocenters. The van der Waals surface area contributed by atoms with Crippen LogP contribution < -0.4 is 0 Å². The highest BCUT2D eigenvalue weighted by Crippen LogP contribution is 2.13. The molecule has 0 aromatic heterocycles. The number of hydrogen-bond donors (Lipinski definition) is 0. The Balaban J connectivity index is 2.91. The third kappa shape index (κ3) is 3.13. The third-order valence-electron chi connectivity index (χ3n) is 2.09. The van der Waals surface area contributed by atoms with Crippen LogP contribution in [0.4, 0.5) is 4.39 Å². The molecule has 0 radical (unpaired) electrons. The molecule has 0 fully saturated rings. The van der Waals surface area contributed by atoms with Crippen LogP contribution in [0, 0.1) is 5.82 Å². The Kier molecular flexibility index (Phi) is 4.61. The maximum Gasteiger partial charge on any atom is 0.340 e. The number of esters is 1. The summed E-state index contributed by atoms with van der Waals surface area (Å²) in [4.78, 5) is 11.1. The number of carbonyl (C=O) groups excluding carboxylic acids is 1. The average molecular weight is 244 g/mol. The minimum atomic E-state index is -0.988. The minimum absolute atomic E-state index is 0.103. The zero-order valence-electron chi connectivity index (χ0n) is 9.16. The van der Waals surface area contributed by atoms with E-state index in [0.717, 1.165) is 0 Å². The molecule has 0 heterocycles. The van der Waals surface area contributed by atoms with Gasteiger partial charge in [-0.15, -0.1) is 0 Å². The van der Waals surface area contributed by atoms with E-state index in [1.165, 1.54) is 19.2 Å². The molecule has 0 saturated heterocycles. The highest BCUT2D eigenvalue weighted by molar-refractivity contribution is 7.84. The van der Waals surface area contributed by atoms with Gasteiger partial charge in [-0.25, -0.2) is 9.18 Å². The van der Waals surface area contributed by atoms with E-state index in [2.05, 4.69) is 4.74 Å². The van der Waals surface area contributed by atoms with Crippen LogP contribution in [0.2, 0.25) is 0 Å². The lowest BCUT2D eigenvalue weighted by atomic mass is 10.1. The van der Waals surface area contributed by atoms with Crippen molar-refractivity contribution in [3.05, 3.63) is 35.1 Å². The van der Waals surface area contributed by atoms with Gasteiger partial charge in [0.05, 0.1) is 12.7 Å². The van der Waals surface area contributed by atoms with Gasteiger partial charge in [0.1, 0.15) is 5.82 Å². The van der Waals surface area contributed by atoms with E-state index in [-0.39, 0.29) is 5.56 Å². The Morgan fingerprint density at radius 1 is 1.50 bits per heavy atom. The van der Waals surface area contributed by atoms with Crippen LogP contribution in [-0.4, -0.2) is 23.0 Å². The zero-order chi connectivity index (χ0) is 12.1. The van der Waals surface area contributed by atoms with Crippen molar-refractivity contribution in [3.8, 4) is 0 Å². The van der Waals surface area contributed by atoms with Gasteiger partial charge in [0.25, 0.3) is 0 Å². The molecule has 16 heavy (non-hydrogen) atoms. The van der Waals surface area contributed by atoms with E-state index in [1.807, 2.05) is 0 Å². The van der Waals surface area contributed by atoms with E-state index in [4.69, 9.17) is 0 Å². The smallest absolute Gasteiger partial charge is 0.340 e. The van der Waals surface area contributed by atoms with E-state index in [1.54, 1.807) is 13.0 Å². The minimum Gasteiger partial charge on any atom is -0.465 e. The molecule has 0 N–H and O–H groups in total. The molecule has 0 saturated carbocycles. The van der Waals surface area contributed by atoms with Gasteiger partial charge in [0, 0.05) is 22.3 Å². The van der Waals surface area contributed by atoms with Crippen molar-refractivity contribution in [1.82, 2.24) is 0 Å². The van der Waals surface area contributed by atoms with Crippen molar-refractivity contribution in [3.63, 3.8) is 0 Å². The number of halogens is 1. The van der Waals surface area contributed by atoms with E-state index in [9.17, 15) is 13.4 Å². The Bertz CT molecular complexity index is 418. The Morgan fingerprint density at radius 3 is 2.69 bits per heavy atom. The molecule has 0 aliphatic carbocycles. The Morgan fingerprint density at radius 2 is 2.19 bits per heavy atom. The predicted molar refractivity (Wildman–Crippen MR) is 60.1 cm³/mol. The molecular weight excluding hydrogens is 231 g/mol. The van der Waals surface area contributed by atoms with Crippen molar-refractivity contribution < 1.29 is 18.1 Å². The quantitative estimate of drug-likeness (QED) is 0.759. The number of benzene rings is 1. The second kappa shape index (κ2) is 5.75.